The van der Waals surface area contributed by atoms with Gasteiger partial charge in [0.25, 0.3) is 0 Å². The number of hydrogen-bond acceptors (Lipinski definition) is 3. The molecule has 0 heterocycles. The van der Waals surface area contributed by atoms with E-state index in [2.05, 4.69) is 22.8 Å². The summed E-state index contributed by atoms with van der Waals surface area (Å²) in [5.41, 5.74) is 1.61. The van der Waals surface area contributed by atoms with Gasteiger partial charge in [0.1, 0.15) is 0 Å². The lowest BCUT2D eigenvalue weighted by Gasteiger charge is -2.31. The molecule has 1 fully saturated rings. The second-order valence-corrected chi connectivity index (χ2v) is 8.21. The summed E-state index contributed by atoms with van der Waals surface area (Å²) in [6.45, 7) is 0.307. The van der Waals surface area contributed by atoms with Crippen LogP contribution in [0.1, 0.15) is 36.8 Å². The fourth-order valence-corrected chi connectivity index (χ4v) is 3.98. The van der Waals surface area contributed by atoms with Crippen molar-refractivity contribution >= 4 is 16.1 Å². The van der Waals surface area contributed by atoms with Gasteiger partial charge in [0.2, 0.25) is 10.0 Å². The smallest absolute Gasteiger partial charge is 0.315 e. The first kappa shape index (κ1) is 18.4. The fourth-order valence-electron chi connectivity index (χ4n) is 3.46. The average molecular weight is 373 g/mol. The number of carbonyl (C=O) groups is 1. The maximum absolute atomic E-state index is 12.4. The molecule has 0 radical (unpaired) electrons. The van der Waals surface area contributed by atoms with Gasteiger partial charge in [-0.1, -0.05) is 55.3 Å². The maximum Gasteiger partial charge on any atom is 0.315 e. The molecule has 2 aromatic carbocycles. The van der Waals surface area contributed by atoms with E-state index in [0.29, 0.717) is 6.54 Å². The topological polar surface area (TPSA) is 101 Å². The highest BCUT2D eigenvalue weighted by Crippen LogP contribution is 2.38. The van der Waals surface area contributed by atoms with E-state index in [9.17, 15) is 13.2 Å². The third kappa shape index (κ3) is 4.23. The van der Waals surface area contributed by atoms with Gasteiger partial charge in [0.15, 0.2) is 0 Å². The summed E-state index contributed by atoms with van der Waals surface area (Å²) in [5, 5.41) is 11.1. The molecule has 7 heteroatoms. The third-order valence-electron chi connectivity index (χ3n) is 4.84. The molecule has 6 nitrogen and oxygen atoms in total. The highest BCUT2D eigenvalue weighted by molar-refractivity contribution is 7.89. The predicted molar refractivity (Wildman–Crippen MR) is 99.8 cm³/mol. The molecule has 0 aromatic heterocycles. The maximum atomic E-state index is 12.4. The molecule has 1 aliphatic rings. The van der Waals surface area contributed by atoms with Crippen LogP contribution in [0.4, 0.5) is 4.79 Å². The van der Waals surface area contributed by atoms with Crippen molar-refractivity contribution in [2.75, 3.05) is 0 Å². The van der Waals surface area contributed by atoms with Crippen LogP contribution in [-0.2, 0) is 22.1 Å². The Morgan fingerprint density at radius 3 is 2.19 bits per heavy atom. The number of primary sulfonamides is 1. The largest absolute Gasteiger partial charge is 0.334 e. The number of nitrogens with two attached hydrogens (primary N) is 1. The second-order valence-electron chi connectivity index (χ2n) is 6.65. The zero-order valence-corrected chi connectivity index (χ0v) is 15.3. The molecule has 0 bridgehead atoms. The first-order valence-corrected chi connectivity index (χ1v) is 10.2. The number of hydrogen-bond donors (Lipinski definition) is 3. The lowest BCUT2D eigenvalue weighted by atomic mass is 9.88. The van der Waals surface area contributed by atoms with E-state index >= 15 is 0 Å². The Hall–Kier alpha value is -2.38. The zero-order valence-electron chi connectivity index (χ0n) is 14.4. The number of carbonyl (C=O) groups excluding carboxylic acids is 1. The minimum Gasteiger partial charge on any atom is -0.334 e. The van der Waals surface area contributed by atoms with Crippen molar-refractivity contribution in [3.63, 3.8) is 0 Å². The molecular formula is C19H23N3O3S. The minimum atomic E-state index is -3.71. The molecule has 138 valence electrons. The molecule has 0 spiro atoms. The van der Waals surface area contributed by atoms with Gasteiger partial charge in [-0.05, 0) is 36.1 Å². The van der Waals surface area contributed by atoms with Gasteiger partial charge >= 0.3 is 6.03 Å². The summed E-state index contributed by atoms with van der Waals surface area (Å²) in [5.74, 6) is 0. The summed E-state index contributed by atoms with van der Waals surface area (Å²) < 4.78 is 22.5. The molecule has 0 unspecified atom stereocenters. The van der Waals surface area contributed by atoms with Crippen LogP contribution < -0.4 is 15.8 Å². The number of amides is 2. The Bertz CT molecular complexity index is 859. The number of sulfonamides is 1. The van der Waals surface area contributed by atoms with E-state index in [1.807, 2.05) is 18.2 Å². The van der Waals surface area contributed by atoms with Crippen molar-refractivity contribution < 1.29 is 13.2 Å². The van der Waals surface area contributed by atoms with Crippen molar-refractivity contribution in [1.29, 1.82) is 0 Å². The van der Waals surface area contributed by atoms with E-state index in [-0.39, 0.29) is 16.5 Å². The van der Waals surface area contributed by atoms with Crippen molar-refractivity contribution in [3.8, 4) is 0 Å². The van der Waals surface area contributed by atoms with Gasteiger partial charge in [0, 0.05) is 6.54 Å². The van der Waals surface area contributed by atoms with E-state index in [1.165, 1.54) is 12.1 Å². The van der Waals surface area contributed by atoms with E-state index in [0.717, 1.165) is 36.8 Å². The molecule has 2 amide bonds. The normalized spacial score (nSPS) is 16.2. The van der Waals surface area contributed by atoms with Gasteiger partial charge in [-0.2, -0.15) is 0 Å². The van der Waals surface area contributed by atoms with Crippen LogP contribution in [0.5, 0.6) is 0 Å². The first-order chi connectivity index (χ1) is 12.4. The Labute approximate surface area is 153 Å². The van der Waals surface area contributed by atoms with Crippen LogP contribution in [0, 0.1) is 0 Å². The highest BCUT2D eigenvalue weighted by Gasteiger charge is 2.36. The van der Waals surface area contributed by atoms with E-state index in [4.69, 9.17) is 5.14 Å². The van der Waals surface area contributed by atoms with Gasteiger partial charge in [0.05, 0.1) is 10.4 Å². The van der Waals surface area contributed by atoms with Crippen LogP contribution in [0.25, 0.3) is 0 Å². The molecule has 1 aliphatic carbocycles. The van der Waals surface area contributed by atoms with Crippen molar-refractivity contribution in [3.05, 3.63) is 65.7 Å². The monoisotopic (exact) mass is 373 g/mol. The van der Waals surface area contributed by atoms with Crippen molar-refractivity contribution in [2.24, 2.45) is 5.14 Å². The standard InChI is InChI=1S/C19H23N3O3S/c20-26(24,25)17-10-8-15(9-11-17)14-21-18(23)22-19(12-4-5-13-19)16-6-2-1-3-7-16/h1-3,6-11H,4-5,12-14H2,(H2,20,24,25)(H2,21,22,23). The van der Waals surface area contributed by atoms with Crippen molar-refractivity contribution in [1.82, 2.24) is 10.6 Å². The molecule has 3 rings (SSSR count). The molecule has 0 saturated heterocycles. The predicted octanol–water partition coefficient (Wildman–Crippen LogP) is 2.60. The summed E-state index contributed by atoms with van der Waals surface area (Å²) in [6, 6.07) is 16.0. The lowest BCUT2D eigenvalue weighted by Crippen LogP contribution is -2.48. The number of benzene rings is 2. The van der Waals surface area contributed by atoms with Gasteiger partial charge in [-0.25, -0.2) is 18.4 Å². The summed E-state index contributed by atoms with van der Waals surface area (Å²) in [7, 11) is -3.71. The quantitative estimate of drug-likeness (QED) is 0.751. The highest BCUT2D eigenvalue weighted by atomic mass is 32.2. The molecular weight excluding hydrogens is 350 g/mol. The number of urea groups is 1. The first-order valence-electron chi connectivity index (χ1n) is 8.62. The van der Waals surface area contributed by atoms with Crippen LogP contribution in [0.15, 0.2) is 59.5 Å². The fraction of sp³-hybridized carbons (Fsp3) is 0.316. The number of rotatable bonds is 5. The molecule has 0 atom stereocenters. The van der Waals surface area contributed by atoms with Crippen LogP contribution >= 0.6 is 0 Å². The lowest BCUT2D eigenvalue weighted by molar-refractivity contribution is 0.224. The summed E-state index contributed by atoms with van der Waals surface area (Å²) in [4.78, 5) is 12.5. The zero-order chi connectivity index (χ0) is 18.6. The molecule has 0 aliphatic heterocycles. The average Bonchev–Trinajstić information content (AvgIpc) is 3.10. The Morgan fingerprint density at radius 1 is 1.00 bits per heavy atom. The van der Waals surface area contributed by atoms with Crippen LogP contribution in [0.3, 0.4) is 0 Å². The summed E-state index contributed by atoms with van der Waals surface area (Å²) >= 11 is 0. The molecule has 4 N–H and O–H groups in total. The number of nitrogens with one attached hydrogen (secondary N) is 2. The Morgan fingerprint density at radius 2 is 1.62 bits per heavy atom. The van der Waals surface area contributed by atoms with Gasteiger partial charge < -0.3 is 10.6 Å². The van der Waals surface area contributed by atoms with Crippen LogP contribution in [-0.4, -0.2) is 14.4 Å². The molecule has 2 aromatic rings. The van der Waals surface area contributed by atoms with E-state index in [1.54, 1.807) is 12.1 Å². The van der Waals surface area contributed by atoms with Crippen molar-refractivity contribution in [2.45, 2.75) is 42.7 Å². The Kier molecular flexibility index (Phi) is 5.29. The minimum absolute atomic E-state index is 0.0553. The molecule has 1 saturated carbocycles. The second kappa shape index (κ2) is 7.47. The van der Waals surface area contributed by atoms with Gasteiger partial charge in [-0.3, -0.25) is 0 Å². The Balaban J connectivity index is 1.63. The molecule has 26 heavy (non-hydrogen) atoms. The van der Waals surface area contributed by atoms with E-state index < -0.39 is 10.0 Å². The third-order valence-corrected chi connectivity index (χ3v) is 5.77. The van der Waals surface area contributed by atoms with Gasteiger partial charge in [-0.15, -0.1) is 0 Å². The summed E-state index contributed by atoms with van der Waals surface area (Å²) in [6.07, 6.45) is 4.02. The van der Waals surface area contributed by atoms with Crippen LogP contribution in [0.2, 0.25) is 0 Å². The SMILES string of the molecule is NS(=O)(=O)c1ccc(CNC(=O)NC2(c3ccccc3)CCCC2)cc1.